The Bertz CT molecular complexity index is 1210. The standard InChI is InChI=1S/C23H26N6O2/c1-14(15-6-4-3-5-7-15)24-23(30)21-25-19-12-17-18(13-20(19)26-21)27-28-22(17)29-10-8-16(31-2)9-11-29/h3-7,12-14,16H,8-11H2,1-2H3,(H,24,30)(H,25,26)(H,27,28)/t14-/m1/s1. The van der Waals surface area contributed by atoms with Crippen molar-refractivity contribution in [1.29, 1.82) is 0 Å². The molecule has 1 aliphatic rings. The first-order valence-electron chi connectivity index (χ1n) is 10.6. The van der Waals surface area contributed by atoms with E-state index in [0.29, 0.717) is 11.9 Å². The molecule has 8 nitrogen and oxygen atoms in total. The minimum Gasteiger partial charge on any atom is -0.381 e. The third-order valence-electron chi connectivity index (χ3n) is 6.08. The Morgan fingerprint density at radius 1 is 1.19 bits per heavy atom. The molecule has 0 radical (unpaired) electrons. The fourth-order valence-electron chi connectivity index (χ4n) is 4.25. The highest BCUT2D eigenvalue weighted by molar-refractivity contribution is 6.01. The molecule has 0 unspecified atom stereocenters. The van der Waals surface area contributed by atoms with Crippen LogP contribution in [-0.2, 0) is 4.74 Å². The molecule has 2 aromatic heterocycles. The van der Waals surface area contributed by atoms with E-state index in [1.54, 1.807) is 7.11 Å². The molecule has 0 saturated carbocycles. The molecule has 1 saturated heterocycles. The summed E-state index contributed by atoms with van der Waals surface area (Å²) in [6.07, 6.45) is 2.29. The number of aromatic nitrogens is 4. The topological polar surface area (TPSA) is 98.9 Å². The molecule has 1 amide bonds. The molecular formula is C23H26N6O2. The number of imidazole rings is 1. The number of benzene rings is 2. The predicted molar refractivity (Wildman–Crippen MR) is 120 cm³/mol. The van der Waals surface area contributed by atoms with E-state index < -0.39 is 0 Å². The van der Waals surface area contributed by atoms with E-state index in [1.807, 2.05) is 49.4 Å². The molecule has 5 rings (SSSR count). The average molecular weight is 419 g/mol. The van der Waals surface area contributed by atoms with Gasteiger partial charge in [-0.2, -0.15) is 5.10 Å². The maximum absolute atomic E-state index is 12.8. The number of nitrogens with one attached hydrogen (secondary N) is 3. The number of piperidine rings is 1. The Hall–Kier alpha value is -3.39. The number of methoxy groups -OCH3 is 1. The first-order chi connectivity index (χ1) is 15.1. The Morgan fingerprint density at radius 3 is 2.71 bits per heavy atom. The third kappa shape index (κ3) is 3.74. The molecule has 4 aromatic rings. The second-order valence-corrected chi connectivity index (χ2v) is 8.08. The van der Waals surface area contributed by atoms with Crippen LogP contribution in [0.15, 0.2) is 42.5 Å². The number of hydrogen-bond donors (Lipinski definition) is 3. The number of nitrogens with zero attached hydrogens (tertiary/aromatic N) is 3. The summed E-state index contributed by atoms with van der Waals surface area (Å²) >= 11 is 0. The number of carbonyl (C=O) groups excluding carboxylic acids is 1. The van der Waals surface area contributed by atoms with E-state index >= 15 is 0 Å². The van der Waals surface area contributed by atoms with Gasteiger partial charge in [-0.3, -0.25) is 9.89 Å². The lowest BCUT2D eigenvalue weighted by Gasteiger charge is -2.31. The van der Waals surface area contributed by atoms with Crippen LogP contribution >= 0.6 is 0 Å². The summed E-state index contributed by atoms with van der Waals surface area (Å²) in [5.41, 5.74) is 3.52. The van der Waals surface area contributed by atoms with Gasteiger partial charge in [0, 0.05) is 25.6 Å². The summed E-state index contributed by atoms with van der Waals surface area (Å²) < 4.78 is 5.48. The van der Waals surface area contributed by atoms with Crippen LogP contribution in [0.4, 0.5) is 5.82 Å². The lowest BCUT2D eigenvalue weighted by molar-refractivity contribution is 0.0818. The summed E-state index contributed by atoms with van der Waals surface area (Å²) in [7, 11) is 1.77. The largest absolute Gasteiger partial charge is 0.381 e. The van der Waals surface area contributed by atoms with E-state index in [-0.39, 0.29) is 11.9 Å². The number of rotatable bonds is 5. The van der Waals surface area contributed by atoms with Crippen LogP contribution in [0.5, 0.6) is 0 Å². The number of H-pyrrole nitrogens is 2. The van der Waals surface area contributed by atoms with Gasteiger partial charge in [0.1, 0.15) is 0 Å². The van der Waals surface area contributed by atoms with Crippen molar-refractivity contribution < 1.29 is 9.53 Å². The average Bonchev–Trinajstić information content (AvgIpc) is 3.41. The van der Waals surface area contributed by atoms with Crippen molar-refractivity contribution in [1.82, 2.24) is 25.5 Å². The normalized spacial score (nSPS) is 16.1. The Morgan fingerprint density at radius 2 is 1.97 bits per heavy atom. The van der Waals surface area contributed by atoms with Gasteiger partial charge in [-0.25, -0.2) is 4.98 Å². The highest BCUT2D eigenvalue weighted by Crippen LogP contribution is 2.30. The highest BCUT2D eigenvalue weighted by atomic mass is 16.5. The van der Waals surface area contributed by atoms with Crippen molar-refractivity contribution in [3.05, 3.63) is 53.9 Å². The summed E-state index contributed by atoms with van der Waals surface area (Å²) in [6, 6.07) is 13.7. The second kappa shape index (κ2) is 8.03. The first kappa shape index (κ1) is 19.6. The first-order valence-corrected chi connectivity index (χ1v) is 10.6. The van der Waals surface area contributed by atoms with Gasteiger partial charge in [0.05, 0.1) is 28.7 Å². The number of aromatic amines is 2. The molecule has 1 aliphatic heterocycles. The van der Waals surface area contributed by atoms with E-state index in [1.165, 1.54) is 0 Å². The van der Waals surface area contributed by atoms with Gasteiger partial charge in [0.2, 0.25) is 0 Å². The van der Waals surface area contributed by atoms with Gasteiger partial charge < -0.3 is 19.9 Å². The van der Waals surface area contributed by atoms with Crippen LogP contribution in [0.1, 0.15) is 42.0 Å². The predicted octanol–water partition coefficient (Wildman–Crippen LogP) is 3.55. The Kier molecular flexibility index (Phi) is 5.07. The summed E-state index contributed by atoms with van der Waals surface area (Å²) in [6.45, 7) is 3.77. The molecule has 1 atom stereocenters. The van der Waals surface area contributed by atoms with Crippen LogP contribution in [0.2, 0.25) is 0 Å². The SMILES string of the molecule is COC1CCN(c2n[nH]c3cc4[nH]c(C(=O)N[C@H](C)c5ccccc5)nc4cc23)CC1. The maximum Gasteiger partial charge on any atom is 0.287 e. The molecule has 3 heterocycles. The number of amides is 1. The van der Waals surface area contributed by atoms with Gasteiger partial charge in [-0.15, -0.1) is 0 Å². The smallest absolute Gasteiger partial charge is 0.287 e. The number of hydrogen-bond acceptors (Lipinski definition) is 5. The molecule has 160 valence electrons. The van der Waals surface area contributed by atoms with Crippen molar-refractivity contribution in [3.8, 4) is 0 Å². The van der Waals surface area contributed by atoms with Crippen molar-refractivity contribution in [3.63, 3.8) is 0 Å². The summed E-state index contributed by atoms with van der Waals surface area (Å²) in [4.78, 5) is 22.7. The van der Waals surface area contributed by atoms with Gasteiger partial charge in [-0.05, 0) is 37.5 Å². The molecule has 0 spiro atoms. The van der Waals surface area contributed by atoms with Crippen LogP contribution < -0.4 is 10.2 Å². The molecule has 0 aliphatic carbocycles. The van der Waals surface area contributed by atoms with Gasteiger partial charge >= 0.3 is 0 Å². The number of ether oxygens (including phenoxy) is 1. The third-order valence-corrected chi connectivity index (χ3v) is 6.08. The van der Waals surface area contributed by atoms with E-state index in [0.717, 1.165) is 59.2 Å². The molecule has 2 aromatic carbocycles. The van der Waals surface area contributed by atoms with Crippen molar-refractivity contribution in [2.75, 3.05) is 25.1 Å². The Labute approximate surface area is 180 Å². The van der Waals surface area contributed by atoms with E-state index in [9.17, 15) is 4.79 Å². The van der Waals surface area contributed by atoms with Crippen molar-refractivity contribution >= 4 is 33.7 Å². The van der Waals surface area contributed by atoms with E-state index in [4.69, 9.17) is 4.74 Å². The zero-order chi connectivity index (χ0) is 21.4. The van der Waals surface area contributed by atoms with Crippen LogP contribution in [0.25, 0.3) is 21.9 Å². The molecule has 8 heteroatoms. The molecule has 31 heavy (non-hydrogen) atoms. The number of carbonyl (C=O) groups is 1. The fraction of sp³-hybridized carbons (Fsp3) is 0.348. The van der Waals surface area contributed by atoms with Gasteiger partial charge in [0.15, 0.2) is 11.6 Å². The number of fused-ring (bicyclic) bond motifs is 2. The minimum absolute atomic E-state index is 0.109. The molecule has 1 fully saturated rings. The van der Waals surface area contributed by atoms with Gasteiger partial charge in [-0.1, -0.05) is 30.3 Å². The lowest BCUT2D eigenvalue weighted by atomic mass is 10.1. The molecule has 3 N–H and O–H groups in total. The molecule has 0 bridgehead atoms. The summed E-state index contributed by atoms with van der Waals surface area (Å²) in [5.74, 6) is 1.01. The van der Waals surface area contributed by atoms with Crippen LogP contribution in [-0.4, -0.2) is 52.4 Å². The lowest BCUT2D eigenvalue weighted by Crippen LogP contribution is -2.36. The number of anilines is 1. The minimum atomic E-state index is -0.226. The summed E-state index contributed by atoms with van der Waals surface area (Å²) in [5, 5.41) is 11.7. The quantitative estimate of drug-likeness (QED) is 0.460. The highest BCUT2D eigenvalue weighted by Gasteiger charge is 2.23. The van der Waals surface area contributed by atoms with Crippen molar-refractivity contribution in [2.45, 2.75) is 31.9 Å². The second-order valence-electron chi connectivity index (χ2n) is 8.08. The van der Waals surface area contributed by atoms with E-state index in [2.05, 4.69) is 30.4 Å². The zero-order valence-corrected chi connectivity index (χ0v) is 17.7. The fourth-order valence-corrected chi connectivity index (χ4v) is 4.25. The van der Waals surface area contributed by atoms with Crippen LogP contribution in [0, 0.1) is 0 Å². The van der Waals surface area contributed by atoms with Crippen molar-refractivity contribution in [2.24, 2.45) is 0 Å². The monoisotopic (exact) mass is 418 g/mol. The van der Waals surface area contributed by atoms with Gasteiger partial charge in [0.25, 0.3) is 5.91 Å². The molecular weight excluding hydrogens is 392 g/mol. The zero-order valence-electron chi connectivity index (χ0n) is 17.7. The maximum atomic E-state index is 12.8. The van der Waals surface area contributed by atoms with Crippen LogP contribution in [0.3, 0.4) is 0 Å². The Balaban J connectivity index is 1.39.